The molecule has 5 nitrogen and oxygen atoms in total. The minimum Gasteiger partial charge on any atom is -0.462 e. The maximum Gasteiger partial charge on any atom is 0.330 e. The lowest BCUT2D eigenvalue weighted by molar-refractivity contribution is -0.214. The van der Waals surface area contributed by atoms with Crippen LogP contribution in [-0.2, 0) is 23.8 Å². The van der Waals surface area contributed by atoms with Crippen molar-refractivity contribution < 1.29 is 23.8 Å². The molecule has 1 aliphatic rings. The van der Waals surface area contributed by atoms with Gasteiger partial charge in [-0.1, -0.05) is 6.58 Å². The summed E-state index contributed by atoms with van der Waals surface area (Å²) in [5.41, 5.74) is 0. The van der Waals surface area contributed by atoms with Gasteiger partial charge in [-0.3, -0.25) is 4.79 Å². The molecule has 0 aromatic rings. The third-order valence-corrected chi connectivity index (χ3v) is 3.81. The number of rotatable bonds is 5. The average molecular weight is 288 g/mol. The highest BCUT2D eigenvalue weighted by Gasteiger charge is 2.30. The first kappa shape index (κ1) is 16.0. The third-order valence-electron chi connectivity index (χ3n) is 2.50. The van der Waals surface area contributed by atoms with Crippen LogP contribution in [0.2, 0.25) is 0 Å². The predicted molar refractivity (Wildman–Crippen MR) is 72.8 cm³/mol. The van der Waals surface area contributed by atoms with Crippen LogP contribution in [0.15, 0.2) is 12.7 Å². The fourth-order valence-electron chi connectivity index (χ4n) is 1.54. The first-order valence-corrected chi connectivity index (χ1v) is 7.44. The van der Waals surface area contributed by atoms with Crippen molar-refractivity contribution in [2.45, 2.75) is 32.0 Å². The lowest BCUT2D eigenvalue weighted by Crippen LogP contribution is -2.39. The molecule has 1 fully saturated rings. The van der Waals surface area contributed by atoms with Crippen molar-refractivity contribution >= 4 is 23.7 Å². The van der Waals surface area contributed by atoms with Crippen molar-refractivity contribution in [1.29, 1.82) is 0 Å². The van der Waals surface area contributed by atoms with Gasteiger partial charge in [0.05, 0.1) is 18.8 Å². The van der Waals surface area contributed by atoms with E-state index in [-0.39, 0.29) is 13.0 Å². The van der Waals surface area contributed by atoms with Crippen molar-refractivity contribution in [3.63, 3.8) is 0 Å². The highest BCUT2D eigenvalue weighted by atomic mass is 32.2. The normalized spacial score (nSPS) is 23.8. The van der Waals surface area contributed by atoms with Crippen LogP contribution in [0.5, 0.6) is 0 Å². The Balaban J connectivity index is 2.32. The van der Waals surface area contributed by atoms with E-state index in [1.165, 1.54) is 0 Å². The fraction of sp³-hybridized carbons (Fsp3) is 0.692. The van der Waals surface area contributed by atoms with Crippen LogP contribution in [0, 0.1) is 0 Å². The second kappa shape index (κ2) is 8.22. The largest absolute Gasteiger partial charge is 0.462 e. The molecule has 0 N–H and O–H groups in total. The maximum absolute atomic E-state index is 11.7. The van der Waals surface area contributed by atoms with Crippen molar-refractivity contribution in [2.24, 2.45) is 0 Å². The number of carbonyl (C=O) groups is 2. The smallest absolute Gasteiger partial charge is 0.330 e. The second-order valence-electron chi connectivity index (χ2n) is 4.34. The molecule has 6 heteroatoms. The molecule has 0 aromatic heterocycles. The Morgan fingerprint density at radius 3 is 3.00 bits per heavy atom. The van der Waals surface area contributed by atoms with Gasteiger partial charge in [0.1, 0.15) is 6.61 Å². The molecule has 1 aliphatic heterocycles. The van der Waals surface area contributed by atoms with Gasteiger partial charge >= 0.3 is 11.9 Å². The Morgan fingerprint density at radius 1 is 1.47 bits per heavy atom. The molecular formula is C13H20O5S. The van der Waals surface area contributed by atoms with Crippen molar-refractivity contribution in [3.8, 4) is 0 Å². The Kier molecular flexibility index (Phi) is 6.94. The van der Waals surface area contributed by atoms with Gasteiger partial charge in [-0.25, -0.2) is 4.79 Å². The molecule has 0 amide bonds. The molecule has 0 radical (unpaired) electrons. The van der Waals surface area contributed by atoms with Gasteiger partial charge in [0.15, 0.2) is 0 Å². The standard InChI is InChI=1S/C13H20O5S/c1-3-11(14)16-8-6-12(15)18-13(2)10-19-9-5-4-7-17-13/h3H,1,4-10H2,2H3. The quantitative estimate of drug-likeness (QED) is 0.569. The Morgan fingerprint density at radius 2 is 2.26 bits per heavy atom. The van der Waals surface area contributed by atoms with Gasteiger partial charge in [0.25, 0.3) is 0 Å². The summed E-state index contributed by atoms with van der Waals surface area (Å²) in [6.45, 7) is 5.62. The van der Waals surface area contributed by atoms with E-state index in [2.05, 4.69) is 6.58 Å². The van der Waals surface area contributed by atoms with Crippen LogP contribution in [0.1, 0.15) is 26.2 Å². The van der Waals surface area contributed by atoms with Crippen molar-refractivity contribution in [3.05, 3.63) is 12.7 Å². The number of ether oxygens (including phenoxy) is 3. The van der Waals surface area contributed by atoms with E-state index in [0.717, 1.165) is 24.7 Å². The average Bonchev–Trinajstić information content (AvgIpc) is 2.34. The zero-order chi connectivity index (χ0) is 14.1. The van der Waals surface area contributed by atoms with E-state index >= 15 is 0 Å². The second-order valence-corrected chi connectivity index (χ2v) is 5.44. The van der Waals surface area contributed by atoms with E-state index in [9.17, 15) is 9.59 Å². The lowest BCUT2D eigenvalue weighted by atomic mass is 10.3. The summed E-state index contributed by atoms with van der Waals surface area (Å²) in [5, 5.41) is 0. The molecule has 0 bridgehead atoms. The monoisotopic (exact) mass is 288 g/mol. The predicted octanol–water partition coefficient (Wildman–Crippen LogP) is 1.91. The number of hydrogen-bond donors (Lipinski definition) is 0. The number of carbonyl (C=O) groups excluding carboxylic acids is 2. The zero-order valence-corrected chi connectivity index (χ0v) is 12.0. The summed E-state index contributed by atoms with van der Waals surface area (Å²) in [4.78, 5) is 22.5. The number of thioether (sulfide) groups is 1. The Labute approximate surface area is 117 Å². The highest BCUT2D eigenvalue weighted by molar-refractivity contribution is 7.99. The summed E-state index contributed by atoms with van der Waals surface area (Å²) in [5.74, 6) is -0.194. The van der Waals surface area contributed by atoms with Crippen LogP contribution in [0.25, 0.3) is 0 Å². The maximum atomic E-state index is 11.7. The SMILES string of the molecule is C=CC(=O)OCCC(=O)OC1(C)CSCCCCO1. The molecule has 0 aromatic carbocycles. The number of hydrogen-bond acceptors (Lipinski definition) is 6. The van der Waals surface area contributed by atoms with Crippen molar-refractivity contribution in [2.75, 3.05) is 24.7 Å². The van der Waals surface area contributed by atoms with Gasteiger partial charge < -0.3 is 14.2 Å². The van der Waals surface area contributed by atoms with E-state index < -0.39 is 17.7 Å². The van der Waals surface area contributed by atoms with Gasteiger partial charge in [-0.2, -0.15) is 11.8 Å². The van der Waals surface area contributed by atoms with Gasteiger partial charge in [0, 0.05) is 13.0 Å². The molecule has 1 rings (SSSR count). The van der Waals surface area contributed by atoms with E-state index in [0.29, 0.717) is 12.4 Å². The highest BCUT2D eigenvalue weighted by Crippen LogP contribution is 2.24. The molecule has 0 saturated carbocycles. The Bertz CT molecular complexity index is 321. The molecular weight excluding hydrogens is 268 g/mol. The van der Waals surface area contributed by atoms with Gasteiger partial charge in [-0.15, -0.1) is 0 Å². The van der Waals surface area contributed by atoms with Crippen LogP contribution in [0.3, 0.4) is 0 Å². The lowest BCUT2D eigenvalue weighted by Gasteiger charge is -2.30. The molecule has 1 atom stereocenters. The molecule has 1 unspecified atom stereocenters. The van der Waals surface area contributed by atoms with E-state index in [1.54, 1.807) is 18.7 Å². The molecule has 19 heavy (non-hydrogen) atoms. The zero-order valence-electron chi connectivity index (χ0n) is 11.2. The first-order chi connectivity index (χ1) is 9.06. The third kappa shape index (κ3) is 6.63. The van der Waals surface area contributed by atoms with Crippen LogP contribution >= 0.6 is 11.8 Å². The van der Waals surface area contributed by atoms with Crippen LogP contribution < -0.4 is 0 Å². The minimum absolute atomic E-state index is 0.00703. The summed E-state index contributed by atoms with van der Waals surface area (Å²) in [6, 6.07) is 0. The van der Waals surface area contributed by atoms with Crippen molar-refractivity contribution in [1.82, 2.24) is 0 Å². The molecule has 1 saturated heterocycles. The summed E-state index contributed by atoms with van der Waals surface area (Å²) in [7, 11) is 0. The molecule has 0 spiro atoms. The van der Waals surface area contributed by atoms with Gasteiger partial charge in [0.2, 0.25) is 5.79 Å². The topological polar surface area (TPSA) is 61.8 Å². The van der Waals surface area contributed by atoms with E-state index in [4.69, 9.17) is 14.2 Å². The van der Waals surface area contributed by atoms with E-state index in [1.807, 2.05) is 0 Å². The van der Waals surface area contributed by atoms with Crippen LogP contribution in [-0.4, -0.2) is 42.4 Å². The summed E-state index contributed by atoms with van der Waals surface area (Å²) in [6.07, 6.45) is 3.16. The number of esters is 2. The fourth-order valence-corrected chi connectivity index (χ4v) is 2.60. The summed E-state index contributed by atoms with van der Waals surface area (Å²) < 4.78 is 15.7. The molecule has 0 aliphatic carbocycles. The molecule has 1 heterocycles. The Hall–Kier alpha value is -1.01. The first-order valence-electron chi connectivity index (χ1n) is 6.28. The minimum atomic E-state index is -0.884. The van der Waals surface area contributed by atoms with Crippen LogP contribution in [0.4, 0.5) is 0 Å². The van der Waals surface area contributed by atoms with Gasteiger partial charge in [-0.05, 0) is 18.6 Å². The molecule has 108 valence electrons. The summed E-state index contributed by atoms with van der Waals surface area (Å²) >= 11 is 1.71.